The van der Waals surface area contributed by atoms with Crippen molar-refractivity contribution in [3.63, 3.8) is 0 Å². The highest BCUT2D eigenvalue weighted by Crippen LogP contribution is 2.05. The van der Waals surface area contributed by atoms with Gasteiger partial charge in [-0.1, -0.05) is 36.4 Å². The zero-order chi connectivity index (χ0) is 14.2. The van der Waals surface area contributed by atoms with E-state index in [1.807, 2.05) is 24.3 Å². The number of amides is 1. The summed E-state index contributed by atoms with van der Waals surface area (Å²) in [5, 5.41) is 0. The molecule has 0 bridgehead atoms. The Morgan fingerprint density at radius 2 is 1.80 bits per heavy atom. The maximum atomic E-state index is 12.4. The van der Waals surface area contributed by atoms with Gasteiger partial charge >= 0.3 is 0 Å². The first-order valence-corrected chi connectivity index (χ1v) is 6.75. The zero-order valence-electron chi connectivity index (χ0n) is 11.4. The van der Waals surface area contributed by atoms with E-state index in [-0.39, 0.29) is 5.91 Å². The van der Waals surface area contributed by atoms with Crippen LogP contribution in [-0.2, 0) is 6.42 Å². The lowest BCUT2D eigenvalue weighted by molar-refractivity contribution is 0.0756. The van der Waals surface area contributed by atoms with E-state index in [0.29, 0.717) is 25.3 Å². The van der Waals surface area contributed by atoms with E-state index < -0.39 is 0 Å². The van der Waals surface area contributed by atoms with E-state index in [1.165, 1.54) is 5.56 Å². The van der Waals surface area contributed by atoms with Crippen LogP contribution >= 0.6 is 0 Å². The fourth-order valence-electron chi connectivity index (χ4n) is 2.03. The van der Waals surface area contributed by atoms with Gasteiger partial charge in [0.2, 0.25) is 0 Å². The molecule has 0 atom stereocenters. The average Bonchev–Trinajstić information content (AvgIpc) is 2.52. The van der Waals surface area contributed by atoms with Crippen LogP contribution in [0.1, 0.15) is 16.1 Å². The van der Waals surface area contributed by atoms with Crippen LogP contribution in [0.2, 0.25) is 0 Å². The molecule has 1 amide bonds. The Bertz CT molecular complexity index is 528. The van der Waals surface area contributed by atoms with Crippen LogP contribution in [0.5, 0.6) is 0 Å². The van der Waals surface area contributed by atoms with E-state index in [9.17, 15) is 4.79 Å². The Hall–Kier alpha value is -2.20. The first-order valence-electron chi connectivity index (χ1n) is 6.75. The van der Waals surface area contributed by atoms with Crippen molar-refractivity contribution in [2.75, 3.05) is 19.6 Å². The van der Waals surface area contributed by atoms with Crippen LogP contribution in [0.3, 0.4) is 0 Å². The van der Waals surface area contributed by atoms with Crippen LogP contribution < -0.4 is 5.73 Å². The monoisotopic (exact) mass is 269 g/mol. The van der Waals surface area contributed by atoms with Gasteiger partial charge in [0, 0.05) is 25.8 Å². The van der Waals surface area contributed by atoms with Gasteiger partial charge in [-0.2, -0.15) is 0 Å². The molecule has 4 heteroatoms. The molecule has 2 aromatic rings. The molecule has 0 unspecified atom stereocenters. The van der Waals surface area contributed by atoms with E-state index in [2.05, 4.69) is 17.1 Å². The molecule has 1 heterocycles. The number of nitrogens with two attached hydrogens (primary N) is 1. The minimum atomic E-state index is -0.0630. The summed E-state index contributed by atoms with van der Waals surface area (Å²) in [6.45, 7) is 1.65. The second kappa shape index (κ2) is 7.40. The molecule has 1 aromatic carbocycles. The van der Waals surface area contributed by atoms with Gasteiger partial charge in [0.25, 0.3) is 5.91 Å². The molecule has 0 fully saturated rings. The molecule has 4 nitrogen and oxygen atoms in total. The van der Waals surface area contributed by atoms with Crippen LogP contribution in [0.15, 0.2) is 54.7 Å². The van der Waals surface area contributed by atoms with Gasteiger partial charge in [-0.25, -0.2) is 0 Å². The van der Waals surface area contributed by atoms with E-state index in [4.69, 9.17) is 5.73 Å². The Balaban J connectivity index is 2.02. The van der Waals surface area contributed by atoms with Crippen molar-refractivity contribution in [1.29, 1.82) is 0 Å². The van der Waals surface area contributed by atoms with Crippen LogP contribution in [-0.4, -0.2) is 35.4 Å². The molecular formula is C16H19N3O. The third-order valence-electron chi connectivity index (χ3n) is 3.08. The lowest BCUT2D eigenvalue weighted by Gasteiger charge is -2.21. The minimum Gasteiger partial charge on any atom is -0.336 e. The Labute approximate surface area is 119 Å². The molecule has 0 aliphatic heterocycles. The Kier molecular flexibility index (Phi) is 5.26. The normalized spacial score (nSPS) is 10.2. The van der Waals surface area contributed by atoms with Gasteiger partial charge in [-0.05, 0) is 24.1 Å². The summed E-state index contributed by atoms with van der Waals surface area (Å²) in [4.78, 5) is 18.2. The summed E-state index contributed by atoms with van der Waals surface area (Å²) in [6, 6.07) is 15.5. The van der Waals surface area contributed by atoms with Crippen molar-refractivity contribution in [3.8, 4) is 0 Å². The summed E-state index contributed by atoms with van der Waals surface area (Å²) in [5.74, 6) is -0.0630. The molecule has 2 N–H and O–H groups in total. The molecule has 2 rings (SSSR count). The molecule has 0 aliphatic rings. The molecule has 0 saturated carbocycles. The third-order valence-corrected chi connectivity index (χ3v) is 3.08. The Morgan fingerprint density at radius 3 is 2.45 bits per heavy atom. The molecule has 20 heavy (non-hydrogen) atoms. The van der Waals surface area contributed by atoms with Crippen molar-refractivity contribution >= 4 is 5.91 Å². The quantitative estimate of drug-likeness (QED) is 0.868. The minimum absolute atomic E-state index is 0.0630. The van der Waals surface area contributed by atoms with Gasteiger partial charge in [0.1, 0.15) is 5.69 Å². The summed E-state index contributed by atoms with van der Waals surface area (Å²) >= 11 is 0. The predicted molar refractivity (Wildman–Crippen MR) is 79.3 cm³/mol. The molecule has 0 saturated heterocycles. The number of hydrogen-bond donors (Lipinski definition) is 1. The first-order chi connectivity index (χ1) is 9.81. The fraction of sp³-hybridized carbons (Fsp3) is 0.250. The number of benzene rings is 1. The number of nitrogens with zero attached hydrogens (tertiary/aromatic N) is 2. The zero-order valence-corrected chi connectivity index (χ0v) is 11.4. The largest absolute Gasteiger partial charge is 0.336 e. The SMILES string of the molecule is NCCN(CCc1ccccc1)C(=O)c1ccccn1. The van der Waals surface area contributed by atoms with Crippen LogP contribution in [0, 0.1) is 0 Å². The number of carbonyl (C=O) groups excluding carboxylic acids is 1. The van der Waals surface area contributed by atoms with E-state index in [1.54, 1.807) is 23.2 Å². The van der Waals surface area contributed by atoms with Crippen molar-refractivity contribution in [2.24, 2.45) is 5.73 Å². The number of rotatable bonds is 6. The van der Waals surface area contributed by atoms with Gasteiger partial charge < -0.3 is 10.6 Å². The molecule has 1 aromatic heterocycles. The summed E-state index contributed by atoms with van der Waals surface area (Å²) < 4.78 is 0. The first kappa shape index (κ1) is 14.2. The van der Waals surface area contributed by atoms with Crippen molar-refractivity contribution in [3.05, 3.63) is 66.0 Å². The third kappa shape index (κ3) is 3.90. The highest BCUT2D eigenvalue weighted by Gasteiger charge is 2.15. The van der Waals surface area contributed by atoms with Crippen LogP contribution in [0.25, 0.3) is 0 Å². The summed E-state index contributed by atoms with van der Waals surface area (Å²) in [5.41, 5.74) is 7.28. The van der Waals surface area contributed by atoms with Gasteiger partial charge in [-0.3, -0.25) is 9.78 Å². The molecule has 0 radical (unpaired) electrons. The molecule has 0 spiro atoms. The number of hydrogen-bond acceptors (Lipinski definition) is 3. The Morgan fingerprint density at radius 1 is 1.05 bits per heavy atom. The summed E-state index contributed by atoms with van der Waals surface area (Å²) in [7, 11) is 0. The smallest absolute Gasteiger partial charge is 0.272 e. The number of carbonyl (C=O) groups is 1. The van der Waals surface area contributed by atoms with E-state index in [0.717, 1.165) is 6.42 Å². The van der Waals surface area contributed by atoms with Gasteiger partial charge in [0.05, 0.1) is 0 Å². The number of aromatic nitrogens is 1. The highest BCUT2D eigenvalue weighted by atomic mass is 16.2. The second-order valence-electron chi connectivity index (χ2n) is 4.53. The van der Waals surface area contributed by atoms with Crippen molar-refractivity contribution in [2.45, 2.75) is 6.42 Å². The average molecular weight is 269 g/mol. The van der Waals surface area contributed by atoms with Crippen LogP contribution in [0.4, 0.5) is 0 Å². The maximum Gasteiger partial charge on any atom is 0.272 e. The lowest BCUT2D eigenvalue weighted by Crippen LogP contribution is -2.37. The van der Waals surface area contributed by atoms with Gasteiger partial charge in [0.15, 0.2) is 0 Å². The predicted octanol–water partition coefficient (Wildman–Crippen LogP) is 1.73. The molecular weight excluding hydrogens is 250 g/mol. The lowest BCUT2D eigenvalue weighted by atomic mass is 10.1. The topological polar surface area (TPSA) is 59.2 Å². The fourth-order valence-corrected chi connectivity index (χ4v) is 2.03. The molecule has 0 aliphatic carbocycles. The maximum absolute atomic E-state index is 12.4. The van der Waals surface area contributed by atoms with Crippen molar-refractivity contribution in [1.82, 2.24) is 9.88 Å². The summed E-state index contributed by atoms with van der Waals surface area (Å²) in [6.07, 6.45) is 2.45. The highest BCUT2D eigenvalue weighted by molar-refractivity contribution is 5.92. The number of pyridine rings is 1. The van der Waals surface area contributed by atoms with E-state index >= 15 is 0 Å². The standard InChI is InChI=1S/C16H19N3O/c17-10-13-19(12-9-14-6-2-1-3-7-14)16(20)15-8-4-5-11-18-15/h1-8,11H,9-10,12-13,17H2. The molecule has 104 valence electrons. The second-order valence-corrected chi connectivity index (χ2v) is 4.53. The van der Waals surface area contributed by atoms with Gasteiger partial charge in [-0.15, -0.1) is 0 Å². The van der Waals surface area contributed by atoms with Crippen molar-refractivity contribution < 1.29 is 4.79 Å².